The summed E-state index contributed by atoms with van der Waals surface area (Å²) in [4.78, 5) is 38.0. The summed E-state index contributed by atoms with van der Waals surface area (Å²) in [6.45, 7) is 0.0963. The number of fused-ring (bicyclic) bond motifs is 3. The van der Waals surface area contributed by atoms with Crippen molar-refractivity contribution in [3.63, 3.8) is 0 Å². The van der Waals surface area contributed by atoms with E-state index >= 15 is 0 Å². The van der Waals surface area contributed by atoms with Gasteiger partial charge < -0.3 is 20.1 Å². The highest BCUT2D eigenvalue weighted by Gasteiger charge is 2.29. The lowest BCUT2D eigenvalue weighted by molar-refractivity contribution is -0.139. The maximum atomic E-state index is 12.5. The molecule has 0 bridgehead atoms. The van der Waals surface area contributed by atoms with Gasteiger partial charge in [0.2, 0.25) is 0 Å². The third kappa shape index (κ3) is 4.78. The van der Waals surface area contributed by atoms with Crippen molar-refractivity contribution in [3.05, 3.63) is 95.1 Å². The zero-order valence-corrected chi connectivity index (χ0v) is 19.0. The molecular formula is C27H26N2O5. The zero-order chi connectivity index (χ0) is 24.2. The van der Waals surface area contributed by atoms with Crippen LogP contribution < -0.4 is 5.32 Å². The van der Waals surface area contributed by atoms with E-state index in [9.17, 15) is 19.5 Å². The Morgan fingerprint density at radius 3 is 2.15 bits per heavy atom. The van der Waals surface area contributed by atoms with Crippen LogP contribution in [0.3, 0.4) is 0 Å². The van der Waals surface area contributed by atoms with E-state index in [0.717, 1.165) is 22.3 Å². The van der Waals surface area contributed by atoms with Crippen LogP contribution in [0.25, 0.3) is 11.1 Å². The highest BCUT2D eigenvalue weighted by Crippen LogP contribution is 2.44. The van der Waals surface area contributed by atoms with E-state index in [2.05, 4.69) is 5.32 Å². The number of carboxylic acid groups (broad SMARTS) is 1. The number of rotatable bonds is 7. The minimum absolute atomic E-state index is 0.0219. The molecule has 0 radical (unpaired) electrons. The number of amides is 2. The third-order valence-electron chi connectivity index (χ3n) is 5.95. The summed E-state index contributed by atoms with van der Waals surface area (Å²) in [6, 6.07) is 21.5. The number of carboxylic acids is 1. The quantitative estimate of drug-likeness (QED) is 0.560. The van der Waals surface area contributed by atoms with Crippen LogP contribution in [0, 0.1) is 0 Å². The molecule has 0 fully saturated rings. The lowest BCUT2D eigenvalue weighted by Gasteiger charge is -2.18. The first-order chi connectivity index (χ1) is 16.3. The molecule has 1 aliphatic rings. The molecule has 4 rings (SSSR count). The molecule has 1 atom stereocenters. The molecule has 7 heteroatoms. The second-order valence-electron chi connectivity index (χ2n) is 8.46. The van der Waals surface area contributed by atoms with Crippen LogP contribution in [0.15, 0.2) is 72.8 Å². The minimum Gasteiger partial charge on any atom is -0.480 e. The van der Waals surface area contributed by atoms with Crippen LogP contribution in [0.1, 0.15) is 33.0 Å². The average molecular weight is 459 g/mol. The Bertz CT molecular complexity index is 1190. The lowest BCUT2D eigenvalue weighted by Crippen LogP contribution is -2.43. The van der Waals surface area contributed by atoms with Gasteiger partial charge in [-0.15, -0.1) is 0 Å². The van der Waals surface area contributed by atoms with Crippen molar-refractivity contribution in [2.45, 2.75) is 18.4 Å². The molecule has 0 heterocycles. The van der Waals surface area contributed by atoms with E-state index in [1.807, 2.05) is 48.5 Å². The Kier molecular flexibility index (Phi) is 6.63. The van der Waals surface area contributed by atoms with Gasteiger partial charge in [0, 0.05) is 32.0 Å². The van der Waals surface area contributed by atoms with Gasteiger partial charge in [0.05, 0.1) is 0 Å². The molecule has 1 aliphatic carbocycles. The summed E-state index contributed by atoms with van der Waals surface area (Å²) >= 11 is 0. The molecular weight excluding hydrogens is 432 g/mol. The lowest BCUT2D eigenvalue weighted by atomic mass is 9.98. The molecule has 3 aromatic rings. The molecule has 2 N–H and O–H groups in total. The van der Waals surface area contributed by atoms with Crippen molar-refractivity contribution < 1.29 is 24.2 Å². The van der Waals surface area contributed by atoms with Crippen LogP contribution in [0.2, 0.25) is 0 Å². The van der Waals surface area contributed by atoms with Gasteiger partial charge in [-0.25, -0.2) is 9.59 Å². The van der Waals surface area contributed by atoms with E-state index in [0.29, 0.717) is 11.1 Å². The van der Waals surface area contributed by atoms with E-state index in [1.165, 1.54) is 4.90 Å². The summed E-state index contributed by atoms with van der Waals surface area (Å²) in [5, 5.41) is 12.1. The van der Waals surface area contributed by atoms with Gasteiger partial charge >= 0.3 is 12.1 Å². The van der Waals surface area contributed by atoms with Crippen molar-refractivity contribution in [1.29, 1.82) is 0 Å². The topological polar surface area (TPSA) is 95.9 Å². The number of benzene rings is 3. The second-order valence-corrected chi connectivity index (χ2v) is 8.46. The minimum atomic E-state index is -1.19. The van der Waals surface area contributed by atoms with E-state index in [1.54, 1.807) is 38.4 Å². The fourth-order valence-corrected chi connectivity index (χ4v) is 4.31. The monoisotopic (exact) mass is 458 g/mol. The Morgan fingerprint density at radius 2 is 1.56 bits per heavy atom. The van der Waals surface area contributed by atoms with Crippen molar-refractivity contribution in [2.24, 2.45) is 0 Å². The van der Waals surface area contributed by atoms with Crippen LogP contribution in [-0.2, 0) is 16.0 Å². The Morgan fingerprint density at radius 1 is 0.941 bits per heavy atom. The van der Waals surface area contributed by atoms with Crippen LogP contribution in [0.5, 0.6) is 0 Å². The van der Waals surface area contributed by atoms with Crippen molar-refractivity contribution in [3.8, 4) is 11.1 Å². The average Bonchev–Trinajstić information content (AvgIpc) is 3.15. The molecule has 174 valence electrons. The SMILES string of the molecule is CN(C)C(=O)c1cccc(CC(NC(=O)OCC2c3ccccc3-c3ccccc32)C(=O)O)c1. The van der Waals surface area contributed by atoms with Gasteiger partial charge in [-0.1, -0.05) is 60.7 Å². The number of alkyl carbamates (subject to hydrolysis) is 1. The molecule has 1 unspecified atom stereocenters. The molecule has 34 heavy (non-hydrogen) atoms. The number of carbonyl (C=O) groups excluding carboxylic acids is 2. The van der Waals surface area contributed by atoms with Gasteiger partial charge in [-0.05, 0) is 39.9 Å². The fourth-order valence-electron chi connectivity index (χ4n) is 4.31. The predicted octanol–water partition coefficient (Wildman–Crippen LogP) is 3.92. The molecule has 2 amide bonds. The maximum absolute atomic E-state index is 12.5. The Hall–Kier alpha value is -4.13. The summed E-state index contributed by atoms with van der Waals surface area (Å²) in [7, 11) is 3.29. The van der Waals surface area contributed by atoms with Gasteiger partial charge in [-0.2, -0.15) is 0 Å². The molecule has 7 nitrogen and oxygen atoms in total. The number of ether oxygens (including phenoxy) is 1. The molecule has 0 aliphatic heterocycles. The van der Waals surface area contributed by atoms with Gasteiger partial charge in [0.15, 0.2) is 0 Å². The van der Waals surface area contributed by atoms with Crippen molar-refractivity contribution in [1.82, 2.24) is 10.2 Å². The zero-order valence-electron chi connectivity index (χ0n) is 19.0. The standard InChI is InChI=1S/C27H26N2O5/c1-29(2)25(30)18-9-7-8-17(14-18)15-24(26(31)32)28-27(33)34-16-23-21-12-5-3-10-19(21)20-11-4-6-13-22(20)23/h3-14,23-24H,15-16H2,1-2H3,(H,28,33)(H,31,32). The molecule has 0 saturated carbocycles. The number of hydrogen-bond acceptors (Lipinski definition) is 4. The summed E-state index contributed by atoms with van der Waals surface area (Å²) < 4.78 is 5.48. The maximum Gasteiger partial charge on any atom is 0.407 e. The van der Waals surface area contributed by atoms with Crippen LogP contribution >= 0.6 is 0 Å². The van der Waals surface area contributed by atoms with Crippen LogP contribution in [0.4, 0.5) is 4.79 Å². The summed E-state index contributed by atoms with van der Waals surface area (Å²) in [5.41, 5.74) is 5.46. The van der Waals surface area contributed by atoms with Gasteiger partial charge in [0.1, 0.15) is 12.6 Å². The molecule has 0 spiro atoms. The molecule has 0 saturated heterocycles. The molecule has 3 aromatic carbocycles. The number of nitrogens with one attached hydrogen (secondary N) is 1. The first-order valence-electron chi connectivity index (χ1n) is 11.0. The number of carbonyl (C=O) groups is 3. The largest absolute Gasteiger partial charge is 0.480 e. The fraction of sp³-hybridized carbons (Fsp3) is 0.222. The van der Waals surface area contributed by atoms with Gasteiger partial charge in [-0.3, -0.25) is 4.79 Å². The Balaban J connectivity index is 1.42. The molecule has 0 aromatic heterocycles. The number of aliphatic carboxylic acids is 1. The van der Waals surface area contributed by atoms with Crippen LogP contribution in [-0.4, -0.2) is 54.7 Å². The smallest absolute Gasteiger partial charge is 0.407 e. The highest BCUT2D eigenvalue weighted by atomic mass is 16.5. The third-order valence-corrected chi connectivity index (χ3v) is 5.95. The normalized spacial score (nSPS) is 12.9. The predicted molar refractivity (Wildman–Crippen MR) is 128 cm³/mol. The van der Waals surface area contributed by atoms with E-state index < -0.39 is 18.1 Å². The van der Waals surface area contributed by atoms with E-state index in [4.69, 9.17) is 4.74 Å². The first kappa shape index (κ1) is 23.0. The summed E-state index contributed by atoms with van der Waals surface area (Å²) in [5.74, 6) is -1.48. The second kappa shape index (κ2) is 9.79. The summed E-state index contributed by atoms with van der Waals surface area (Å²) in [6.07, 6.45) is -0.775. The number of nitrogens with zero attached hydrogens (tertiary/aromatic N) is 1. The van der Waals surface area contributed by atoms with Crippen molar-refractivity contribution in [2.75, 3.05) is 20.7 Å². The first-order valence-corrected chi connectivity index (χ1v) is 11.0. The number of hydrogen-bond donors (Lipinski definition) is 2. The highest BCUT2D eigenvalue weighted by molar-refractivity contribution is 5.94. The Labute approximate surface area is 198 Å². The van der Waals surface area contributed by atoms with Crippen molar-refractivity contribution >= 4 is 18.0 Å². The van der Waals surface area contributed by atoms with Gasteiger partial charge in [0.25, 0.3) is 5.91 Å². The van der Waals surface area contributed by atoms with E-state index in [-0.39, 0.29) is 24.9 Å².